The predicted molar refractivity (Wildman–Crippen MR) is 70.8 cm³/mol. The van der Waals surface area contributed by atoms with E-state index < -0.39 is 5.97 Å². The lowest BCUT2D eigenvalue weighted by Crippen LogP contribution is -2.11. The first-order valence-corrected chi connectivity index (χ1v) is 6.56. The second-order valence-electron chi connectivity index (χ2n) is 3.94. The van der Waals surface area contributed by atoms with Crippen molar-refractivity contribution in [3.05, 3.63) is 22.9 Å². The van der Waals surface area contributed by atoms with Gasteiger partial charge in [-0.2, -0.15) is 5.26 Å². The fourth-order valence-electron chi connectivity index (χ4n) is 1.31. The van der Waals surface area contributed by atoms with Gasteiger partial charge in [0.2, 0.25) is 0 Å². The van der Waals surface area contributed by atoms with Crippen LogP contribution >= 0.6 is 11.8 Å². The van der Waals surface area contributed by atoms with Gasteiger partial charge >= 0.3 is 5.97 Å². The number of esters is 1. The highest BCUT2D eigenvalue weighted by Crippen LogP contribution is 2.22. The van der Waals surface area contributed by atoms with Crippen LogP contribution in [0.5, 0.6) is 0 Å². The molecule has 1 heterocycles. The van der Waals surface area contributed by atoms with Crippen LogP contribution < -0.4 is 0 Å². The highest BCUT2D eigenvalue weighted by molar-refractivity contribution is 8.00. The quantitative estimate of drug-likeness (QED) is 0.464. The summed E-state index contributed by atoms with van der Waals surface area (Å²) in [5, 5.41) is 9.54. The summed E-state index contributed by atoms with van der Waals surface area (Å²) in [5.74, 6) is -0.709. The number of aromatic nitrogens is 1. The van der Waals surface area contributed by atoms with Crippen molar-refractivity contribution in [1.29, 1.82) is 5.26 Å². The van der Waals surface area contributed by atoms with E-state index in [0.717, 1.165) is 23.0 Å². The molecule has 6 heteroatoms. The standard InChI is InChI=1S/C13H14N2O3S/c1-8-4-10(6-14)13(15-9(8)2)19-7-11(16)5-12(17)18-3/h4H,5,7H2,1-3H3. The monoisotopic (exact) mass is 278 g/mol. The number of ketones is 1. The van der Waals surface area contributed by atoms with Crippen molar-refractivity contribution in [2.24, 2.45) is 0 Å². The first kappa shape index (κ1) is 15.2. The van der Waals surface area contributed by atoms with E-state index in [1.54, 1.807) is 6.07 Å². The zero-order valence-corrected chi connectivity index (χ0v) is 11.8. The maximum atomic E-state index is 11.5. The van der Waals surface area contributed by atoms with Gasteiger partial charge in [-0.1, -0.05) is 11.8 Å². The van der Waals surface area contributed by atoms with Gasteiger partial charge in [0.1, 0.15) is 17.5 Å². The van der Waals surface area contributed by atoms with Gasteiger partial charge in [-0.3, -0.25) is 9.59 Å². The molecule has 0 saturated carbocycles. The third-order valence-corrected chi connectivity index (χ3v) is 3.54. The SMILES string of the molecule is COC(=O)CC(=O)CSc1nc(C)c(C)cc1C#N. The number of methoxy groups -OCH3 is 1. The van der Waals surface area contributed by atoms with Gasteiger partial charge < -0.3 is 4.74 Å². The lowest BCUT2D eigenvalue weighted by molar-refractivity contribution is -0.142. The Labute approximate surface area is 116 Å². The summed E-state index contributed by atoms with van der Waals surface area (Å²) < 4.78 is 4.42. The second kappa shape index (κ2) is 6.90. The van der Waals surface area contributed by atoms with Gasteiger partial charge in [0.05, 0.1) is 18.4 Å². The van der Waals surface area contributed by atoms with Crippen molar-refractivity contribution in [2.45, 2.75) is 25.3 Å². The Morgan fingerprint density at radius 2 is 2.16 bits per heavy atom. The van der Waals surface area contributed by atoms with Crippen molar-refractivity contribution in [1.82, 2.24) is 4.98 Å². The van der Waals surface area contributed by atoms with Gasteiger partial charge in [0.25, 0.3) is 0 Å². The summed E-state index contributed by atoms with van der Waals surface area (Å²) in [6.45, 7) is 3.72. The minimum Gasteiger partial charge on any atom is -0.469 e. The molecule has 0 radical (unpaired) electrons. The third-order valence-electron chi connectivity index (χ3n) is 2.49. The molecule has 0 fully saturated rings. The Morgan fingerprint density at radius 1 is 1.47 bits per heavy atom. The van der Waals surface area contributed by atoms with E-state index in [0.29, 0.717) is 10.6 Å². The second-order valence-corrected chi connectivity index (χ2v) is 4.90. The van der Waals surface area contributed by atoms with Gasteiger partial charge in [0, 0.05) is 5.69 Å². The van der Waals surface area contributed by atoms with Crippen LogP contribution in [0.4, 0.5) is 0 Å². The first-order chi connectivity index (χ1) is 8.97. The van der Waals surface area contributed by atoms with Crippen molar-refractivity contribution in [3.63, 3.8) is 0 Å². The summed E-state index contributed by atoms with van der Waals surface area (Å²) in [7, 11) is 1.24. The van der Waals surface area contributed by atoms with Crippen LogP contribution in [0, 0.1) is 25.2 Å². The molecule has 1 rings (SSSR count). The van der Waals surface area contributed by atoms with E-state index in [9.17, 15) is 9.59 Å². The molecule has 1 aromatic rings. The van der Waals surface area contributed by atoms with Crippen LogP contribution in [-0.4, -0.2) is 29.6 Å². The number of ether oxygens (including phenoxy) is 1. The Hall–Kier alpha value is -1.87. The Kier molecular flexibility index (Phi) is 5.52. The lowest BCUT2D eigenvalue weighted by atomic mass is 10.2. The summed E-state index contributed by atoms with van der Waals surface area (Å²) in [5.41, 5.74) is 2.20. The highest BCUT2D eigenvalue weighted by atomic mass is 32.2. The maximum absolute atomic E-state index is 11.5. The fraction of sp³-hybridized carbons (Fsp3) is 0.385. The molecule has 0 N–H and O–H groups in total. The Bertz CT molecular complexity index is 550. The van der Waals surface area contributed by atoms with Crippen molar-refractivity contribution >= 4 is 23.5 Å². The number of aryl methyl sites for hydroxylation is 2. The molecule has 0 spiro atoms. The molecule has 1 aromatic heterocycles. The zero-order valence-electron chi connectivity index (χ0n) is 11.0. The first-order valence-electron chi connectivity index (χ1n) is 5.57. The number of thioether (sulfide) groups is 1. The lowest BCUT2D eigenvalue weighted by Gasteiger charge is -2.06. The molecule has 19 heavy (non-hydrogen) atoms. The van der Waals surface area contributed by atoms with Crippen LogP contribution in [0.15, 0.2) is 11.1 Å². The summed E-state index contributed by atoms with van der Waals surface area (Å²) in [4.78, 5) is 26.7. The molecule has 100 valence electrons. The molecule has 5 nitrogen and oxygen atoms in total. The minimum atomic E-state index is -0.556. The molecule has 0 aliphatic rings. The fourth-order valence-corrected chi connectivity index (χ4v) is 2.17. The summed E-state index contributed by atoms with van der Waals surface area (Å²) in [6.07, 6.45) is -0.254. The van der Waals surface area contributed by atoms with Crippen molar-refractivity contribution < 1.29 is 14.3 Å². The number of pyridine rings is 1. The zero-order chi connectivity index (χ0) is 14.4. The average Bonchev–Trinajstić information content (AvgIpc) is 2.39. The molecule has 0 atom stereocenters. The van der Waals surface area contributed by atoms with E-state index in [1.165, 1.54) is 7.11 Å². The largest absolute Gasteiger partial charge is 0.469 e. The number of hydrogen-bond donors (Lipinski definition) is 0. The number of rotatable bonds is 5. The smallest absolute Gasteiger partial charge is 0.313 e. The van der Waals surface area contributed by atoms with E-state index in [4.69, 9.17) is 5.26 Å². The Balaban J connectivity index is 2.73. The predicted octanol–water partition coefficient (Wildman–Crippen LogP) is 1.79. The molecule has 0 aliphatic carbocycles. The van der Waals surface area contributed by atoms with Gasteiger partial charge in [-0.05, 0) is 25.5 Å². The summed E-state index contributed by atoms with van der Waals surface area (Å²) in [6, 6.07) is 3.80. The normalized spacial score (nSPS) is 9.79. The molecular formula is C13H14N2O3S. The van der Waals surface area contributed by atoms with Gasteiger partial charge in [-0.25, -0.2) is 4.98 Å². The number of Topliss-reactive ketones (excluding diaryl/α,β-unsaturated/α-hetero) is 1. The number of carbonyl (C=O) groups is 2. The number of nitriles is 1. The van der Waals surface area contributed by atoms with E-state index in [2.05, 4.69) is 15.8 Å². The molecule has 0 saturated heterocycles. The topological polar surface area (TPSA) is 80.1 Å². The maximum Gasteiger partial charge on any atom is 0.313 e. The van der Waals surface area contributed by atoms with E-state index in [1.807, 2.05) is 13.8 Å². The van der Waals surface area contributed by atoms with Crippen LogP contribution in [0.3, 0.4) is 0 Å². The van der Waals surface area contributed by atoms with Crippen LogP contribution in [0.1, 0.15) is 23.2 Å². The number of nitrogens with zero attached hydrogens (tertiary/aromatic N) is 2. The average molecular weight is 278 g/mol. The molecule has 0 aromatic carbocycles. The van der Waals surface area contributed by atoms with Crippen LogP contribution in [0.2, 0.25) is 0 Å². The Morgan fingerprint density at radius 3 is 2.74 bits per heavy atom. The van der Waals surface area contributed by atoms with Crippen LogP contribution in [0.25, 0.3) is 0 Å². The summed E-state index contributed by atoms with van der Waals surface area (Å²) >= 11 is 1.16. The molecule has 0 amide bonds. The highest BCUT2D eigenvalue weighted by Gasteiger charge is 2.13. The van der Waals surface area contributed by atoms with Crippen LogP contribution in [-0.2, 0) is 14.3 Å². The minimum absolute atomic E-state index is 0.0965. The van der Waals surface area contributed by atoms with E-state index >= 15 is 0 Å². The molecule has 0 aliphatic heterocycles. The molecule has 0 bridgehead atoms. The molecular weight excluding hydrogens is 264 g/mol. The van der Waals surface area contributed by atoms with Gasteiger partial charge in [-0.15, -0.1) is 0 Å². The van der Waals surface area contributed by atoms with Crippen molar-refractivity contribution in [3.8, 4) is 6.07 Å². The number of hydrogen-bond acceptors (Lipinski definition) is 6. The van der Waals surface area contributed by atoms with E-state index in [-0.39, 0.29) is 18.0 Å². The molecule has 0 unspecified atom stereocenters. The number of carbonyl (C=O) groups excluding carboxylic acids is 2. The third kappa shape index (κ3) is 4.38. The van der Waals surface area contributed by atoms with Gasteiger partial charge in [0.15, 0.2) is 5.78 Å². The van der Waals surface area contributed by atoms with Crippen molar-refractivity contribution in [2.75, 3.05) is 12.9 Å².